The van der Waals surface area contributed by atoms with E-state index in [0.29, 0.717) is 17.8 Å². The van der Waals surface area contributed by atoms with Gasteiger partial charge in [0.1, 0.15) is 5.76 Å². The van der Waals surface area contributed by atoms with Gasteiger partial charge in [0.05, 0.1) is 5.57 Å². The van der Waals surface area contributed by atoms with E-state index in [2.05, 4.69) is 6.58 Å². The van der Waals surface area contributed by atoms with Crippen molar-refractivity contribution >= 4 is 5.97 Å². The summed E-state index contributed by atoms with van der Waals surface area (Å²) in [4.78, 5) is 11.6. The van der Waals surface area contributed by atoms with Crippen LogP contribution in [0.3, 0.4) is 0 Å². The maximum Gasteiger partial charge on any atom is 0.342 e. The summed E-state index contributed by atoms with van der Waals surface area (Å²) < 4.78 is 5.18. The summed E-state index contributed by atoms with van der Waals surface area (Å²) in [5, 5.41) is 0. The highest BCUT2D eigenvalue weighted by molar-refractivity contribution is 5.93. The summed E-state index contributed by atoms with van der Waals surface area (Å²) in [7, 11) is 0. The first-order valence-electron chi connectivity index (χ1n) is 4.90. The number of rotatable bonds is 3. The third-order valence-electron chi connectivity index (χ3n) is 2.37. The van der Waals surface area contributed by atoms with E-state index in [1.807, 2.05) is 30.4 Å². The summed E-state index contributed by atoms with van der Waals surface area (Å²) in [6, 6.07) is 0. The predicted molar refractivity (Wildman–Crippen MR) is 58.9 cm³/mol. The molecule has 0 unspecified atom stereocenters. The minimum Gasteiger partial charge on any atom is -0.427 e. The molecule has 0 N–H and O–H groups in total. The normalized spacial score (nSPS) is 17.6. The fourth-order valence-corrected chi connectivity index (χ4v) is 1.49. The SMILES string of the molecule is C=C(C(=O)OC1=CC=CC1)C1=CC=CC1. The maximum absolute atomic E-state index is 11.6. The second-order valence-electron chi connectivity index (χ2n) is 3.46. The van der Waals surface area contributed by atoms with Crippen molar-refractivity contribution in [3.05, 3.63) is 59.9 Å². The average molecular weight is 200 g/mol. The number of esters is 1. The van der Waals surface area contributed by atoms with E-state index >= 15 is 0 Å². The molecular formula is C13H12O2. The number of ether oxygens (including phenoxy) is 1. The molecule has 0 aromatic rings. The highest BCUT2D eigenvalue weighted by atomic mass is 16.5. The summed E-state index contributed by atoms with van der Waals surface area (Å²) in [6.45, 7) is 3.75. The number of carbonyl (C=O) groups is 1. The van der Waals surface area contributed by atoms with Crippen molar-refractivity contribution in [1.82, 2.24) is 0 Å². The minimum atomic E-state index is -0.347. The van der Waals surface area contributed by atoms with Crippen molar-refractivity contribution in [1.29, 1.82) is 0 Å². The molecule has 0 spiro atoms. The molecule has 0 heterocycles. The smallest absolute Gasteiger partial charge is 0.342 e. The summed E-state index contributed by atoms with van der Waals surface area (Å²) in [6.07, 6.45) is 12.9. The summed E-state index contributed by atoms with van der Waals surface area (Å²) in [5.74, 6) is 0.340. The second-order valence-corrected chi connectivity index (χ2v) is 3.46. The van der Waals surface area contributed by atoms with E-state index in [0.717, 1.165) is 12.0 Å². The van der Waals surface area contributed by atoms with Gasteiger partial charge in [0.15, 0.2) is 0 Å². The Hall–Kier alpha value is -1.83. The van der Waals surface area contributed by atoms with E-state index in [-0.39, 0.29) is 5.97 Å². The molecule has 0 aliphatic heterocycles. The Morgan fingerprint density at radius 1 is 1.20 bits per heavy atom. The molecule has 0 aromatic carbocycles. The van der Waals surface area contributed by atoms with Crippen LogP contribution in [0.15, 0.2) is 59.9 Å². The van der Waals surface area contributed by atoms with Crippen LogP contribution in [-0.2, 0) is 9.53 Å². The lowest BCUT2D eigenvalue weighted by atomic mass is 10.1. The van der Waals surface area contributed by atoms with Crippen LogP contribution in [0.4, 0.5) is 0 Å². The topological polar surface area (TPSA) is 26.3 Å². The minimum absolute atomic E-state index is 0.347. The first-order valence-corrected chi connectivity index (χ1v) is 4.90. The molecule has 2 nitrogen and oxygen atoms in total. The number of allylic oxidation sites excluding steroid dienone is 6. The fraction of sp³-hybridized carbons (Fsp3) is 0.154. The molecule has 0 saturated heterocycles. The van der Waals surface area contributed by atoms with Crippen molar-refractivity contribution in [2.24, 2.45) is 0 Å². The highest BCUT2D eigenvalue weighted by Crippen LogP contribution is 2.21. The average Bonchev–Trinajstić information content (AvgIpc) is 2.88. The van der Waals surface area contributed by atoms with Gasteiger partial charge in [0.2, 0.25) is 0 Å². The third-order valence-corrected chi connectivity index (χ3v) is 2.37. The van der Waals surface area contributed by atoms with E-state index in [1.54, 1.807) is 6.08 Å². The molecule has 15 heavy (non-hydrogen) atoms. The Kier molecular flexibility index (Phi) is 2.68. The van der Waals surface area contributed by atoms with Gasteiger partial charge in [-0.05, 0) is 18.1 Å². The van der Waals surface area contributed by atoms with Gasteiger partial charge in [-0.25, -0.2) is 4.79 Å². The van der Waals surface area contributed by atoms with Crippen LogP contribution in [0.2, 0.25) is 0 Å². The van der Waals surface area contributed by atoms with Gasteiger partial charge in [-0.3, -0.25) is 0 Å². The van der Waals surface area contributed by atoms with Crippen molar-refractivity contribution < 1.29 is 9.53 Å². The molecule has 0 radical (unpaired) electrons. The van der Waals surface area contributed by atoms with Crippen molar-refractivity contribution in [3.8, 4) is 0 Å². The van der Waals surface area contributed by atoms with Gasteiger partial charge in [-0.15, -0.1) is 0 Å². The molecule has 0 saturated carbocycles. The third kappa shape index (κ3) is 2.15. The van der Waals surface area contributed by atoms with E-state index in [4.69, 9.17) is 4.74 Å². The summed E-state index contributed by atoms with van der Waals surface area (Å²) in [5.41, 5.74) is 1.39. The van der Waals surface area contributed by atoms with E-state index in [9.17, 15) is 4.79 Å². The second kappa shape index (κ2) is 4.13. The van der Waals surface area contributed by atoms with Crippen molar-refractivity contribution in [2.45, 2.75) is 12.8 Å². The Morgan fingerprint density at radius 2 is 1.93 bits per heavy atom. The molecule has 2 heteroatoms. The Morgan fingerprint density at radius 3 is 2.53 bits per heavy atom. The molecule has 0 atom stereocenters. The monoisotopic (exact) mass is 200 g/mol. The predicted octanol–water partition coefficient (Wildman–Crippen LogP) is 2.82. The molecular weight excluding hydrogens is 188 g/mol. The molecule has 2 rings (SSSR count). The lowest BCUT2D eigenvalue weighted by molar-refractivity contribution is -0.134. The van der Waals surface area contributed by atoms with E-state index in [1.165, 1.54) is 0 Å². The quantitative estimate of drug-likeness (QED) is 0.517. The van der Waals surface area contributed by atoms with Crippen molar-refractivity contribution in [2.75, 3.05) is 0 Å². The molecule has 2 aliphatic carbocycles. The molecule has 0 fully saturated rings. The Bertz CT molecular complexity index is 420. The zero-order valence-corrected chi connectivity index (χ0v) is 8.40. The first kappa shape index (κ1) is 9.71. The lowest BCUT2D eigenvalue weighted by Gasteiger charge is -2.07. The van der Waals surface area contributed by atoms with Gasteiger partial charge in [-0.1, -0.05) is 37.0 Å². The van der Waals surface area contributed by atoms with Crippen LogP contribution in [0, 0.1) is 0 Å². The largest absolute Gasteiger partial charge is 0.427 e. The van der Waals surface area contributed by atoms with Gasteiger partial charge in [0, 0.05) is 6.42 Å². The van der Waals surface area contributed by atoms with Gasteiger partial charge >= 0.3 is 5.97 Å². The molecule has 2 aliphatic rings. The molecule has 0 amide bonds. The van der Waals surface area contributed by atoms with Gasteiger partial charge in [0.25, 0.3) is 0 Å². The van der Waals surface area contributed by atoms with Gasteiger partial charge < -0.3 is 4.74 Å². The fourth-order valence-electron chi connectivity index (χ4n) is 1.49. The highest BCUT2D eigenvalue weighted by Gasteiger charge is 2.16. The Balaban J connectivity index is 1.93. The van der Waals surface area contributed by atoms with Crippen LogP contribution in [0.5, 0.6) is 0 Å². The van der Waals surface area contributed by atoms with Crippen molar-refractivity contribution in [3.63, 3.8) is 0 Å². The first-order chi connectivity index (χ1) is 7.27. The van der Waals surface area contributed by atoms with Crippen LogP contribution in [0.1, 0.15) is 12.8 Å². The Labute approximate surface area is 88.9 Å². The number of hydrogen-bond acceptors (Lipinski definition) is 2. The lowest BCUT2D eigenvalue weighted by Crippen LogP contribution is -2.07. The summed E-state index contributed by atoms with van der Waals surface area (Å²) >= 11 is 0. The molecule has 0 bridgehead atoms. The standard InChI is InChI=1S/C13H12O2/c1-10(11-6-2-3-7-11)13(14)15-12-8-4-5-9-12/h2-6,8H,1,7,9H2. The number of hydrogen-bond donors (Lipinski definition) is 0. The van der Waals surface area contributed by atoms with Crippen LogP contribution >= 0.6 is 0 Å². The zero-order chi connectivity index (χ0) is 10.7. The molecule has 0 aromatic heterocycles. The van der Waals surface area contributed by atoms with Crippen LogP contribution in [0.25, 0.3) is 0 Å². The van der Waals surface area contributed by atoms with Crippen LogP contribution < -0.4 is 0 Å². The molecule has 76 valence electrons. The van der Waals surface area contributed by atoms with Gasteiger partial charge in [-0.2, -0.15) is 0 Å². The zero-order valence-electron chi connectivity index (χ0n) is 8.40. The van der Waals surface area contributed by atoms with E-state index < -0.39 is 0 Å². The van der Waals surface area contributed by atoms with Crippen LogP contribution in [-0.4, -0.2) is 5.97 Å². The number of carbonyl (C=O) groups excluding carboxylic acids is 1. The maximum atomic E-state index is 11.6.